The highest BCUT2D eigenvalue weighted by Crippen LogP contribution is 2.55. The van der Waals surface area contributed by atoms with Gasteiger partial charge in [0.1, 0.15) is 0 Å². The maximum absolute atomic E-state index is 13.6. The molecule has 1 heterocycles. The summed E-state index contributed by atoms with van der Waals surface area (Å²) in [6.45, 7) is 8.57. The van der Waals surface area contributed by atoms with Crippen LogP contribution in [0.5, 0.6) is 11.5 Å². The van der Waals surface area contributed by atoms with Gasteiger partial charge in [0, 0.05) is 52.8 Å². The van der Waals surface area contributed by atoms with E-state index in [2.05, 4.69) is 48.5 Å². The zero-order chi connectivity index (χ0) is 23.6. The molecule has 0 N–H and O–H groups in total. The first-order valence-electron chi connectivity index (χ1n) is 11.1. The van der Waals surface area contributed by atoms with E-state index >= 15 is 0 Å². The third kappa shape index (κ3) is 3.70. The van der Waals surface area contributed by atoms with Crippen LogP contribution < -0.4 is 9.47 Å². The Kier molecular flexibility index (Phi) is 5.60. The van der Waals surface area contributed by atoms with E-state index in [-0.39, 0.29) is 22.4 Å². The van der Waals surface area contributed by atoms with Crippen LogP contribution in [-0.2, 0) is 9.59 Å². The Morgan fingerprint density at radius 3 is 1.72 bits per heavy atom. The predicted octanol–water partition coefficient (Wildman–Crippen LogP) is 5.78. The number of methoxy groups -OCH3 is 2. The molecular weight excluding hydrogens is 470 g/mol. The minimum absolute atomic E-state index is 0.115. The molecule has 0 aromatic heterocycles. The Morgan fingerprint density at radius 2 is 1.28 bits per heavy atom. The first kappa shape index (κ1) is 23.1. The molecule has 0 saturated heterocycles. The average Bonchev–Trinajstić information content (AvgIpc) is 2.68. The molecule has 0 saturated carbocycles. The molecule has 4 rings (SSSR count). The second-order valence-corrected chi connectivity index (χ2v) is 11.7. The van der Waals surface area contributed by atoms with E-state index in [9.17, 15) is 9.59 Å². The Hall–Kier alpha value is -2.08. The molecule has 3 aliphatic rings. The molecule has 32 heavy (non-hydrogen) atoms. The lowest BCUT2D eigenvalue weighted by Gasteiger charge is -2.48. The number of carbonyl (C=O) groups is 2. The number of rotatable bonds is 3. The quantitative estimate of drug-likeness (QED) is 0.525. The summed E-state index contributed by atoms with van der Waals surface area (Å²) in [5, 5.41) is 0. The van der Waals surface area contributed by atoms with Gasteiger partial charge in [-0.3, -0.25) is 9.59 Å². The van der Waals surface area contributed by atoms with E-state index in [1.54, 1.807) is 14.2 Å². The highest BCUT2D eigenvalue weighted by Gasteiger charge is 2.48. The Bertz CT molecular complexity index is 1030. The molecule has 1 aromatic carbocycles. The van der Waals surface area contributed by atoms with Crippen LogP contribution in [0.2, 0.25) is 0 Å². The molecule has 1 aliphatic heterocycles. The number of allylic oxidation sites excluding steroid dienone is 4. The predicted molar refractivity (Wildman–Crippen MR) is 128 cm³/mol. The van der Waals surface area contributed by atoms with Gasteiger partial charge in [-0.25, -0.2) is 0 Å². The summed E-state index contributed by atoms with van der Waals surface area (Å²) < 4.78 is 11.8. The van der Waals surface area contributed by atoms with Crippen LogP contribution in [0.25, 0.3) is 0 Å². The van der Waals surface area contributed by atoms with Crippen molar-refractivity contribution in [1.82, 2.24) is 4.90 Å². The normalized spacial score (nSPS) is 22.7. The highest BCUT2D eigenvalue weighted by atomic mass is 79.9. The monoisotopic (exact) mass is 501 g/mol. The Morgan fingerprint density at radius 1 is 0.844 bits per heavy atom. The number of hydrogen-bond donors (Lipinski definition) is 0. The van der Waals surface area contributed by atoms with Crippen LogP contribution in [-0.4, -0.2) is 37.7 Å². The van der Waals surface area contributed by atoms with Crippen LogP contribution in [0, 0.1) is 10.8 Å². The second kappa shape index (κ2) is 7.75. The first-order chi connectivity index (χ1) is 14.9. The van der Waals surface area contributed by atoms with E-state index in [1.807, 2.05) is 19.2 Å². The van der Waals surface area contributed by atoms with Gasteiger partial charge in [0.2, 0.25) is 0 Å². The third-order valence-electron chi connectivity index (χ3n) is 6.99. The van der Waals surface area contributed by atoms with E-state index < -0.39 is 5.92 Å². The van der Waals surface area contributed by atoms with Crippen molar-refractivity contribution in [2.75, 3.05) is 21.3 Å². The van der Waals surface area contributed by atoms with Gasteiger partial charge in [0.05, 0.1) is 14.2 Å². The first-order valence-corrected chi connectivity index (χ1v) is 11.9. The fourth-order valence-corrected chi connectivity index (χ4v) is 6.12. The molecular formula is C26H32BrNO4. The van der Waals surface area contributed by atoms with Gasteiger partial charge in [0.15, 0.2) is 23.1 Å². The van der Waals surface area contributed by atoms with Crippen molar-refractivity contribution in [1.29, 1.82) is 0 Å². The topological polar surface area (TPSA) is 55.8 Å². The largest absolute Gasteiger partial charge is 0.493 e. The molecule has 0 radical (unpaired) electrons. The number of Topliss-reactive ketones (excluding diaryl/α,β-unsaturated/α-hetero) is 2. The standard InChI is InChI=1S/C26H32BrNO4/c1-25(2)10-16-23(18(29)12-25)22(14-8-20(31-6)21(32-7)9-15(14)27)24-17(28(16)5)11-26(3,4)13-19(24)30/h8-9,22H,10-13H2,1-7H3. The van der Waals surface area contributed by atoms with Crippen LogP contribution in [0.3, 0.4) is 0 Å². The molecule has 0 spiro atoms. The van der Waals surface area contributed by atoms with E-state index in [4.69, 9.17) is 9.47 Å². The van der Waals surface area contributed by atoms with Gasteiger partial charge in [-0.2, -0.15) is 0 Å². The van der Waals surface area contributed by atoms with Gasteiger partial charge < -0.3 is 14.4 Å². The highest BCUT2D eigenvalue weighted by molar-refractivity contribution is 9.10. The van der Waals surface area contributed by atoms with Crippen molar-refractivity contribution in [2.24, 2.45) is 10.8 Å². The molecule has 0 unspecified atom stereocenters. The van der Waals surface area contributed by atoms with Crippen LogP contribution in [0.4, 0.5) is 0 Å². The van der Waals surface area contributed by atoms with E-state index in [0.29, 0.717) is 24.3 Å². The number of ketones is 2. The lowest BCUT2D eigenvalue weighted by Crippen LogP contribution is -2.43. The minimum atomic E-state index is -0.405. The lowest BCUT2D eigenvalue weighted by molar-refractivity contribution is -0.119. The second-order valence-electron chi connectivity index (χ2n) is 10.8. The maximum atomic E-state index is 13.6. The van der Waals surface area contributed by atoms with Gasteiger partial charge in [-0.1, -0.05) is 43.6 Å². The summed E-state index contributed by atoms with van der Waals surface area (Å²) in [4.78, 5) is 29.3. The van der Waals surface area contributed by atoms with Crippen molar-refractivity contribution < 1.29 is 19.1 Å². The molecule has 5 nitrogen and oxygen atoms in total. The van der Waals surface area contributed by atoms with Crippen LogP contribution in [0.1, 0.15) is 64.9 Å². The zero-order valence-corrected chi connectivity index (χ0v) is 21.6. The number of halogens is 1. The number of nitrogens with zero attached hydrogens (tertiary/aromatic N) is 1. The van der Waals surface area contributed by atoms with Gasteiger partial charge in [0.25, 0.3) is 0 Å². The molecule has 1 aromatic rings. The van der Waals surface area contributed by atoms with Gasteiger partial charge in [-0.15, -0.1) is 0 Å². The SMILES string of the molecule is COc1cc(Br)c(C2C3=C(CC(C)(C)CC3=O)N(C)C3=C2C(=O)CC(C)(C)C3)cc1OC. The molecule has 2 aliphatic carbocycles. The van der Waals surface area contributed by atoms with Gasteiger partial charge >= 0.3 is 0 Å². The summed E-state index contributed by atoms with van der Waals surface area (Å²) in [7, 11) is 5.22. The summed E-state index contributed by atoms with van der Waals surface area (Å²) in [6.07, 6.45) is 2.56. The average molecular weight is 502 g/mol. The van der Waals surface area contributed by atoms with E-state index in [1.165, 1.54) is 0 Å². The molecule has 0 fully saturated rings. The summed E-state index contributed by atoms with van der Waals surface area (Å²) in [5.74, 6) is 1.03. The number of hydrogen-bond acceptors (Lipinski definition) is 5. The van der Waals surface area contributed by atoms with Gasteiger partial charge in [-0.05, 0) is 41.4 Å². The van der Waals surface area contributed by atoms with E-state index in [0.717, 1.165) is 45.4 Å². The van der Waals surface area contributed by atoms with Crippen LogP contribution >= 0.6 is 15.9 Å². The van der Waals surface area contributed by atoms with Crippen molar-refractivity contribution in [3.8, 4) is 11.5 Å². The zero-order valence-electron chi connectivity index (χ0n) is 20.0. The lowest BCUT2D eigenvalue weighted by atomic mass is 9.63. The molecule has 0 amide bonds. The third-order valence-corrected chi connectivity index (χ3v) is 7.68. The molecule has 6 heteroatoms. The fraction of sp³-hybridized carbons (Fsp3) is 0.538. The fourth-order valence-electron chi connectivity index (χ4n) is 5.57. The Labute approximate surface area is 199 Å². The smallest absolute Gasteiger partial charge is 0.162 e. The number of benzene rings is 1. The minimum Gasteiger partial charge on any atom is -0.493 e. The molecule has 0 bridgehead atoms. The van der Waals surface area contributed by atoms with Crippen LogP contribution in [0.15, 0.2) is 39.1 Å². The number of carbonyl (C=O) groups excluding carboxylic acids is 2. The molecule has 0 atom stereocenters. The maximum Gasteiger partial charge on any atom is 0.162 e. The van der Waals surface area contributed by atoms with Crippen molar-refractivity contribution in [3.63, 3.8) is 0 Å². The summed E-state index contributed by atoms with van der Waals surface area (Å²) in [6, 6.07) is 3.77. The van der Waals surface area contributed by atoms with Crippen molar-refractivity contribution in [2.45, 2.75) is 59.3 Å². The summed E-state index contributed by atoms with van der Waals surface area (Å²) >= 11 is 3.70. The number of ether oxygens (including phenoxy) is 2. The van der Waals surface area contributed by atoms with Crippen molar-refractivity contribution >= 4 is 27.5 Å². The Balaban J connectivity index is 2.01. The summed E-state index contributed by atoms with van der Waals surface area (Å²) in [5.41, 5.74) is 4.24. The van der Waals surface area contributed by atoms with Crippen molar-refractivity contribution in [3.05, 3.63) is 44.7 Å². The molecule has 172 valence electrons.